The summed E-state index contributed by atoms with van der Waals surface area (Å²) in [7, 11) is 0. The van der Waals surface area contributed by atoms with Gasteiger partial charge in [0.2, 0.25) is 0 Å². The number of nitrogens with zero attached hydrogens (tertiary/aromatic N) is 1. The lowest BCUT2D eigenvalue weighted by Crippen LogP contribution is -2.20. The van der Waals surface area contributed by atoms with E-state index >= 15 is 0 Å². The van der Waals surface area contributed by atoms with E-state index in [9.17, 15) is 8.78 Å². The lowest BCUT2D eigenvalue weighted by Gasteiger charge is -2.19. The Morgan fingerprint density at radius 2 is 2.00 bits per heavy atom. The summed E-state index contributed by atoms with van der Waals surface area (Å²) in [6.07, 6.45) is 0.393. The first kappa shape index (κ1) is 8.93. The average Bonchev–Trinajstić information content (AvgIpc) is 2.23. The van der Waals surface area contributed by atoms with Crippen LogP contribution in [-0.4, -0.2) is 12.3 Å². The van der Waals surface area contributed by atoms with Crippen LogP contribution in [0.2, 0.25) is 0 Å². The Morgan fingerprint density at radius 1 is 1.29 bits per heavy atom. The molecule has 1 aromatic rings. The minimum absolute atomic E-state index is 0.0405. The maximum atomic E-state index is 13.3. The molecule has 1 aliphatic heterocycles. The summed E-state index contributed by atoms with van der Waals surface area (Å²) in [4.78, 5) is 0. The molecule has 0 atom stereocenters. The average molecular weight is 198 g/mol. The van der Waals surface area contributed by atoms with Gasteiger partial charge in [-0.05, 0) is 12.1 Å². The van der Waals surface area contributed by atoms with Crippen molar-refractivity contribution in [1.29, 1.82) is 0 Å². The molecular weight excluding hydrogens is 190 g/mol. The molecule has 0 fully saturated rings. The minimum atomic E-state index is -0.595. The SMILES string of the molecule is NN=C1CCOc2c(F)ccc(F)c21. The van der Waals surface area contributed by atoms with Gasteiger partial charge in [0, 0.05) is 6.42 Å². The molecule has 0 unspecified atom stereocenters. The molecular formula is C9H8F2N2O. The molecule has 0 spiro atoms. The maximum Gasteiger partial charge on any atom is 0.167 e. The molecule has 74 valence electrons. The van der Waals surface area contributed by atoms with E-state index in [1.165, 1.54) is 0 Å². The zero-order chi connectivity index (χ0) is 10.1. The molecule has 0 aliphatic carbocycles. The standard InChI is InChI=1S/C9H8F2N2O/c10-5-1-2-6(11)9-8(5)7(13-12)3-4-14-9/h1-2H,3-4,12H2. The van der Waals surface area contributed by atoms with Crippen molar-refractivity contribution >= 4 is 5.71 Å². The molecule has 1 heterocycles. The third-order valence-electron chi connectivity index (χ3n) is 2.09. The van der Waals surface area contributed by atoms with Crippen LogP contribution in [0.3, 0.4) is 0 Å². The van der Waals surface area contributed by atoms with E-state index in [1.807, 2.05) is 0 Å². The third-order valence-corrected chi connectivity index (χ3v) is 2.09. The Kier molecular flexibility index (Phi) is 2.07. The number of benzene rings is 1. The van der Waals surface area contributed by atoms with E-state index in [1.54, 1.807) is 0 Å². The topological polar surface area (TPSA) is 47.6 Å². The predicted octanol–water partition coefficient (Wildman–Crippen LogP) is 1.41. The van der Waals surface area contributed by atoms with Gasteiger partial charge in [0.25, 0.3) is 0 Å². The highest BCUT2D eigenvalue weighted by atomic mass is 19.1. The maximum absolute atomic E-state index is 13.3. The van der Waals surface area contributed by atoms with Gasteiger partial charge in [0.1, 0.15) is 5.82 Å². The van der Waals surface area contributed by atoms with Crippen molar-refractivity contribution in [2.24, 2.45) is 10.9 Å². The highest BCUT2D eigenvalue weighted by Crippen LogP contribution is 2.30. The van der Waals surface area contributed by atoms with Crippen molar-refractivity contribution in [3.63, 3.8) is 0 Å². The summed E-state index contributed by atoms with van der Waals surface area (Å²) in [5.74, 6) is 3.82. The van der Waals surface area contributed by atoms with Gasteiger partial charge in [0.05, 0.1) is 17.9 Å². The molecule has 0 saturated carbocycles. The van der Waals surface area contributed by atoms with Gasteiger partial charge in [-0.25, -0.2) is 8.78 Å². The Morgan fingerprint density at radius 3 is 2.71 bits per heavy atom. The molecule has 0 saturated heterocycles. The van der Waals surface area contributed by atoms with Crippen molar-refractivity contribution in [1.82, 2.24) is 0 Å². The van der Waals surface area contributed by atoms with Crippen LogP contribution in [0.4, 0.5) is 8.78 Å². The molecule has 0 bridgehead atoms. The number of fused-ring (bicyclic) bond motifs is 1. The van der Waals surface area contributed by atoms with Gasteiger partial charge in [0.15, 0.2) is 11.6 Å². The van der Waals surface area contributed by atoms with Crippen molar-refractivity contribution in [3.8, 4) is 5.75 Å². The van der Waals surface area contributed by atoms with E-state index < -0.39 is 11.6 Å². The number of hydrazone groups is 1. The fourth-order valence-electron chi connectivity index (χ4n) is 1.45. The second kappa shape index (κ2) is 3.25. The number of nitrogens with two attached hydrogens (primary N) is 1. The van der Waals surface area contributed by atoms with E-state index in [4.69, 9.17) is 10.6 Å². The molecule has 3 nitrogen and oxygen atoms in total. The van der Waals surface area contributed by atoms with E-state index in [0.29, 0.717) is 12.1 Å². The highest BCUT2D eigenvalue weighted by Gasteiger charge is 2.24. The largest absolute Gasteiger partial charge is 0.489 e. The molecule has 0 amide bonds. The first-order valence-corrected chi connectivity index (χ1v) is 4.12. The molecule has 2 rings (SSSR count). The van der Waals surface area contributed by atoms with Gasteiger partial charge in [-0.15, -0.1) is 0 Å². The summed E-state index contributed by atoms with van der Waals surface area (Å²) in [5, 5.41) is 3.42. The number of halogens is 2. The molecule has 5 heteroatoms. The molecule has 1 aromatic carbocycles. The van der Waals surface area contributed by atoms with Crippen LogP contribution in [0.15, 0.2) is 17.2 Å². The van der Waals surface area contributed by atoms with E-state index in [2.05, 4.69) is 5.10 Å². The number of ether oxygens (including phenoxy) is 1. The van der Waals surface area contributed by atoms with Crippen LogP contribution < -0.4 is 10.6 Å². The fraction of sp³-hybridized carbons (Fsp3) is 0.222. The van der Waals surface area contributed by atoms with Gasteiger partial charge in [-0.2, -0.15) is 5.10 Å². The summed E-state index contributed by atoms with van der Waals surface area (Å²) in [5.41, 5.74) is 0.377. The van der Waals surface area contributed by atoms with Gasteiger partial charge in [-0.1, -0.05) is 0 Å². The summed E-state index contributed by atoms with van der Waals surface area (Å²) < 4.78 is 31.5. The summed E-state index contributed by atoms with van der Waals surface area (Å²) in [6.45, 7) is 0.267. The van der Waals surface area contributed by atoms with Gasteiger partial charge in [-0.3, -0.25) is 0 Å². The molecule has 0 radical (unpaired) electrons. The van der Waals surface area contributed by atoms with Crippen LogP contribution in [0, 0.1) is 11.6 Å². The smallest absolute Gasteiger partial charge is 0.167 e. The molecule has 14 heavy (non-hydrogen) atoms. The monoisotopic (exact) mass is 198 g/mol. The quantitative estimate of drug-likeness (QED) is 0.506. The van der Waals surface area contributed by atoms with Crippen molar-refractivity contribution in [2.75, 3.05) is 6.61 Å². The van der Waals surface area contributed by atoms with Crippen LogP contribution in [-0.2, 0) is 0 Å². The van der Waals surface area contributed by atoms with Gasteiger partial charge >= 0.3 is 0 Å². The second-order valence-electron chi connectivity index (χ2n) is 2.91. The number of rotatable bonds is 0. The molecule has 2 N–H and O–H groups in total. The highest BCUT2D eigenvalue weighted by molar-refractivity contribution is 6.03. The van der Waals surface area contributed by atoms with Gasteiger partial charge < -0.3 is 10.6 Å². The summed E-state index contributed by atoms with van der Waals surface area (Å²) >= 11 is 0. The van der Waals surface area contributed by atoms with Crippen molar-refractivity contribution in [2.45, 2.75) is 6.42 Å². The van der Waals surface area contributed by atoms with Crippen LogP contribution >= 0.6 is 0 Å². The number of hydrogen-bond donors (Lipinski definition) is 1. The first-order chi connectivity index (χ1) is 6.74. The Bertz CT molecular complexity index is 404. The lowest BCUT2D eigenvalue weighted by molar-refractivity contribution is 0.300. The lowest BCUT2D eigenvalue weighted by atomic mass is 10.0. The Labute approximate surface area is 79.2 Å². The third kappa shape index (κ3) is 1.21. The zero-order valence-electron chi connectivity index (χ0n) is 7.26. The second-order valence-corrected chi connectivity index (χ2v) is 2.91. The number of hydrogen-bond acceptors (Lipinski definition) is 3. The molecule has 1 aliphatic rings. The molecule has 0 aromatic heterocycles. The van der Waals surface area contributed by atoms with Crippen LogP contribution in [0.25, 0.3) is 0 Å². The first-order valence-electron chi connectivity index (χ1n) is 4.12. The fourth-order valence-corrected chi connectivity index (χ4v) is 1.45. The van der Waals surface area contributed by atoms with Crippen molar-refractivity contribution in [3.05, 3.63) is 29.3 Å². The van der Waals surface area contributed by atoms with Crippen molar-refractivity contribution < 1.29 is 13.5 Å². The normalized spacial score (nSPS) is 17.7. The minimum Gasteiger partial charge on any atom is -0.489 e. The Balaban J connectivity index is 2.67. The summed E-state index contributed by atoms with van der Waals surface area (Å²) in [6, 6.07) is 2.06. The predicted molar refractivity (Wildman–Crippen MR) is 47.2 cm³/mol. The Hall–Kier alpha value is -1.65. The van der Waals surface area contributed by atoms with Crippen LogP contribution in [0.1, 0.15) is 12.0 Å². The van der Waals surface area contributed by atoms with E-state index in [-0.39, 0.29) is 17.9 Å². The van der Waals surface area contributed by atoms with Crippen LogP contribution in [0.5, 0.6) is 5.75 Å². The zero-order valence-corrected chi connectivity index (χ0v) is 7.26. The van der Waals surface area contributed by atoms with E-state index in [0.717, 1.165) is 12.1 Å².